The summed E-state index contributed by atoms with van der Waals surface area (Å²) in [4.78, 5) is 25.4. The Morgan fingerprint density at radius 1 is 1.38 bits per heavy atom. The van der Waals surface area contributed by atoms with Crippen molar-refractivity contribution >= 4 is 23.6 Å². The number of likely N-dealkylation sites (tertiary alicyclic amines) is 1. The van der Waals surface area contributed by atoms with Crippen molar-refractivity contribution in [3.8, 4) is 0 Å². The predicted octanol–water partition coefficient (Wildman–Crippen LogP) is 1.79. The average Bonchev–Trinajstić information content (AvgIpc) is 2.41. The van der Waals surface area contributed by atoms with E-state index in [9.17, 15) is 9.59 Å². The first-order valence-corrected chi connectivity index (χ1v) is 7.70. The molecule has 6 heteroatoms. The smallest absolute Gasteiger partial charge is 0.329 e. The highest BCUT2D eigenvalue weighted by Crippen LogP contribution is 2.27. The first-order chi connectivity index (χ1) is 9.89. The third-order valence-electron chi connectivity index (χ3n) is 3.39. The molecule has 0 aromatic heterocycles. The zero-order chi connectivity index (χ0) is 15.5. The Kier molecular flexibility index (Phi) is 4.90. The second-order valence-electron chi connectivity index (χ2n) is 5.44. The summed E-state index contributed by atoms with van der Waals surface area (Å²) >= 11 is 1.52. The second kappa shape index (κ2) is 6.49. The van der Waals surface area contributed by atoms with Crippen LogP contribution in [0.5, 0.6) is 0 Å². The number of thioether (sulfide) groups is 1. The summed E-state index contributed by atoms with van der Waals surface area (Å²) in [6, 6.07) is 7.96. The summed E-state index contributed by atoms with van der Waals surface area (Å²) in [5.41, 5.74) is 0.634. The number of carbonyl (C=O) groups is 2. The molecule has 1 saturated heterocycles. The maximum atomic E-state index is 12.1. The highest BCUT2D eigenvalue weighted by molar-refractivity contribution is 8.00. The molecular formula is C15H19NO4S. The number of aliphatic carboxylic acids is 1. The number of benzene rings is 1. The van der Waals surface area contributed by atoms with Gasteiger partial charge in [-0.25, -0.2) is 4.79 Å². The van der Waals surface area contributed by atoms with Gasteiger partial charge in [0, 0.05) is 4.90 Å². The molecule has 21 heavy (non-hydrogen) atoms. The van der Waals surface area contributed by atoms with Crippen LogP contribution in [0.2, 0.25) is 0 Å². The standard InChI is InChI=1S/C15H19NO4S/c1-11-5-3-4-6-12(11)21-8-13(17)16-9-15(2,10-16)20-7-14(18)19/h3-6H,7-10H2,1-2H3,(H,18,19). The highest BCUT2D eigenvalue weighted by Gasteiger charge is 2.42. The van der Waals surface area contributed by atoms with Crippen LogP contribution in [0.25, 0.3) is 0 Å². The lowest BCUT2D eigenvalue weighted by Crippen LogP contribution is -2.63. The van der Waals surface area contributed by atoms with E-state index in [0.717, 1.165) is 10.5 Å². The van der Waals surface area contributed by atoms with Crippen molar-refractivity contribution in [2.24, 2.45) is 0 Å². The maximum Gasteiger partial charge on any atom is 0.329 e. The van der Waals surface area contributed by atoms with Gasteiger partial charge in [-0.3, -0.25) is 4.79 Å². The molecule has 1 N–H and O–H groups in total. The third kappa shape index (κ3) is 4.22. The highest BCUT2D eigenvalue weighted by atomic mass is 32.2. The Bertz CT molecular complexity index is 540. The molecule has 1 fully saturated rings. The fraction of sp³-hybridized carbons (Fsp3) is 0.467. The van der Waals surface area contributed by atoms with Crippen molar-refractivity contribution in [2.45, 2.75) is 24.3 Å². The van der Waals surface area contributed by atoms with E-state index in [1.54, 1.807) is 4.90 Å². The molecule has 2 rings (SSSR count). The Labute approximate surface area is 128 Å². The Morgan fingerprint density at radius 3 is 2.67 bits per heavy atom. The van der Waals surface area contributed by atoms with Crippen LogP contribution in [0.15, 0.2) is 29.2 Å². The minimum atomic E-state index is -0.990. The van der Waals surface area contributed by atoms with Gasteiger partial charge in [-0.05, 0) is 25.5 Å². The lowest BCUT2D eigenvalue weighted by molar-refractivity contribution is -0.171. The fourth-order valence-corrected chi connectivity index (χ4v) is 3.15. The summed E-state index contributed by atoms with van der Waals surface area (Å²) < 4.78 is 5.29. The van der Waals surface area contributed by atoms with Gasteiger partial charge in [0.05, 0.1) is 18.8 Å². The van der Waals surface area contributed by atoms with Crippen molar-refractivity contribution in [3.63, 3.8) is 0 Å². The number of hydrogen-bond acceptors (Lipinski definition) is 4. The molecule has 1 aliphatic heterocycles. The summed E-state index contributed by atoms with van der Waals surface area (Å²) in [6.45, 7) is 4.43. The topological polar surface area (TPSA) is 66.8 Å². The molecule has 0 aliphatic carbocycles. The molecule has 0 bridgehead atoms. The van der Waals surface area contributed by atoms with Crippen LogP contribution in [-0.2, 0) is 14.3 Å². The monoisotopic (exact) mass is 309 g/mol. The number of ether oxygens (including phenoxy) is 1. The number of rotatable bonds is 6. The molecule has 1 amide bonds. The Balaban J connectivity index is 1.76. The van der Waals surface area contributed by atoms with Gasteiger partial charge in [0.2, 0.25) is 5.91 Å². The number of carbonyl (C=O) groups excluding carboxylic acids is 1. The normalized spacial score (nSPS) is 16.4. The Morgan fingerprint density at radius 2 is 2.05 bits per heavy atom. The summed E-state index contributed by atoms with van der Waals surface area (Å²) in [5, 5.41) is 8.60. The minimum absolute atomic E-state index is 0.0552. The largest absolute Gasteiger partial charge is 0.480 e. The summed E-state index contributed by atoms with van der Waals surface area (Å²) in [5.74, 6) is -0.546. The predicted molar refractivity (Wildman–Crippen MR) is 80.5 cm³/mol. The van der Waals surface area contributed by atoms with Crippen molar-refractivity contribution < 1.29 is 19.4 Å². The SMILES string of the molecule is Cc1ccccc1SCC(=O)N1CC(C)(OCC(=O)O)C1. The lowest BCUT2D eigenvalue weighted by atomic mass is 9.96. The molecule has 114 valence electrons. The van der Waals surface area contributed by atoms with Crippen molar-refractivity contribution in [2.75, 3.05) is 25.4 Å². The second-order valence-corrected chi connectivity index (χ2v) is 6.45. The van der Waals surface area contributed by atoms with Gasteiger partial charge in [0.25, 0.3) is 0 Å². The van der Waals surface area contributed by atoms with Crippen molar-refractivity contribution in [3.05, 3.63) is 29.8 Å². The summed E-state index contributed by atoms with van der Waals surface area (Å²) in [6.07, 6.45) is 0. The van der Waals surface area contributed by atoms with Crippen LogP contribution in [0.4, 0.5) is 0 Å². The van der Waals surface area contributed by atoms with E-state index < -0.39 is 11.6 Å². The third-order valence-corrected chi connectivity index (χ3v) is 4.55. The van der Waals surface area contributed by atoms with E-state index >= 15 is 0 Å². The first kappa shape index (κ1) is 15.9. The maximum absolute atomic E-state index is 12.1. The van der Waals surface area contributed by atoms with Crippen LogP contribution in [0.1, 0.15) is 12.5 Å². The zero-order valence-corrected chi connectivity index (χ0v) is 13.0. The molecule has 5 nitrogen and oxygen atoms in total. The van der Waals surface area contributed by atoms with Gasteiger partial charge in [0.1, 0.15) is 12.2 Å². The van der Waals surface area contributed by atoms with Crippen molar-refractivity contribution in [1.82, 2.24) is 4.90 Å². The van der Waals surface area contributed by atoms with Crippen LogP contribution in [-0.4, -0.2) is 52.9 Å². The van der Waals surface area contributed by atoms with Gasteiger partial charge in [-0.15, -0.1) is 11.8 Å². The average molecular weight is 309 g/mol. The molecule has 1 heterocycles. The van der Waals surface area contributed by atoms with Gasteiger partial charge >= 0.3 is 5.97 Å². The molecule has 0 atom stereocenters. The van der Waals surface area contributed by atoms with E-state index in [2.05, 4.69) is 0 Å². The van der Waals surface area contributed by atoms with E-state index in [1.165, 1.54) is 11.8 Å². The number of amides is 1. The van der Waals surface area contributed by atoms with E-state index in [4.69, 9.17) is 9.84 Å². The number of nitrogens with zero attached hydrogens (tertiary/aromatic N) is 1. The Hall–Kier alpha value is -1.53. The lowest BCUT2D eigenvalue weighted by Gasteiger charge is -2.47. The quantitative estimate of drug-likeness (QED) is 0.812. The molecule has 0 saturated carbocycles. The molecule has 1 aliphatic rings. The van der Waals surface area contributed by atoms with Gasteiger partial charge in [0.15, 0.2) is 0 Å². The zero-order valence-electron chi connectivity index (χ0n) is 12.2. The van der Waals surface area contributed by atoms with Gasteiger partial charge < -0.3 is 14.7 Å². The van der Waals surface area contributed by atoms with E-state index in [1.807, 2.05) is 38.1 Å². The number of aryl methyl sites for hydroxylation is 1. The van der Waals surface area contributed by atoms with Crippen molar-refractivity contribution in [1.29, 1.82) is 0 Å². The van der Waals surface area contributed by atoms with E-state index in [-0.39, 0.29) is 12.5 Å². The molecule has 1 aromatic carbocycles. The summed E-state index contributed by atoms with van der Waals surface area (Å²) in [7, 11) is 0. The molecule has 0 radical (unpaired) electrons. The van der Waals surface area contributed by atoms with Crippen LogP contribution >= 0.6 is 11.8 Å². The molecular weight excluding hydrogens is 290 g/mol. The number of hydrogen-bond donors (Lipinski definition) is 1. The van der Waals surface area contributed by atoms with Crippen LogP contribution in [0, 0.1) is 6.92 Å². The van der Waals surface area contributed by atoms with Crippen LogP contribution < -0.4 is 0 Å². The number of carboxylic acids is 1. The first-order valence-electron chi connectivity index (χ1n) is 6.72. The molecule has 1 aromatic rings. The van der Waals surface area contributed by atoms with Gasteiger partial charge in [-0.2, -0.15) is 0 Å². The fourth-order valence-electron chi connectivity index (χ4n) is 2.21. The van der Waals surface area contributed by atoms with Crippen LogP contribution in [0.3, 0.4) is 0 Å². The van der Waals surface area contributed by atoms with E-state index in [0.29, 0.717) is 18.8 Å². The molecule has 0 spiro atoms. The van der Waals surface area contributed by atoms with Gasteiger partial charge in [-0.1, -0.05) is 18.2 Å². The molecule has 0 unspecified atom stereocenters. The minimum Gasteiger partial charge on any atom is -0.480 e. The number of carboxylic acid groups (broad SMARTS) is 1.